The number of aryl methyl sites for hydroxylation is 1. The molecule has 1 aromatic rings. The lowest BCUT2D eigenvalue weighted by molar-refractivity contribution is 0.229. The molecule has 1 aromatic heterocycles. The van der Waals surface area contributed by atoms with E-state index in [1.165, 1.54) is 11.1 Å². The van der Waals surface area contributed by atoms with Crippen LogP contribution in [0.25, 0.3) is 0 Å². The first kappa shape index (κ1) is 16.2. The van der Waals surface area contributed by atoms with Crippen molar-refractivity contribution in [1.82, 2.24) is 20.1 Å². The maximum absolute atomic E-state index is 4.68. The number of nitrogens with zero attached hydrogens (tertiary/aromatic N) is 4. The largest absolute Gasteiger partial charge is 0.354 e. The van der Waals surface area contributed by atoms with Crippen molar-refractivity contribution in [3.63, 3.8) is 0 Å². The zero-order chi connectivity index (χ0) is 15.2. The molecular formula is C16H29N5. The number of likely N-dealkylation sites (N-methyl/N-ethyl adjacent to an activating group) is 1. The van der Waals surface area contributed by atoms with Gasteiger partial charge in [0.2, 0.25) is 0 Å². The number of pyridine rings is 1. The van der Waals surface area contributed by atoms with Gasteiger partial charge in [0, 0.05) is 52.0 Å². The van der Waals surface area contributed by atoms with Crippen LogP contribution in [0.4, 0.5) is 5.82 Å². The summed E-state index contributed by atoms with van der Waals surface area (Å²) in [4.78, 5) is 11.9. The summed E-state index contributed by atoms with van der Waals surface area (Å²) in [6, 6.07) is 2.25. The molecule has 0 atom stereocenters. The molecule has 1 aliphatic heterocycles. The lowest BCUT2D eigenvalue weighted by atomic mass is 10.2. The molecule has 0 saturated carbocycles. The van der Waals surface area contributed by atoms with Crippen molar-refractivity contribution in [2.45, 2.75) is 13.5 Å². The zero-order valence-corrected chi connectivity index (χ0v) is 13.9. The van der Waals surface area contributed by atoms with Gasteiger partial charge in [-0.2, -0.15) is 0 Å². The van der Waals surface area contributed by atoms with Crippen LogP contribution in [0.2, 0.25) is 0 Å². The quantitative estimate of drug-likeness (QED) is 0.838. The Morgan fingerprint density at radius 2 is 1.95 bits per heavy atom. The van der Waals surface area contributed by atoms with Crippen LogP contribution in [-0.4, -0.2) is 75.2 Å². The smallest absolute Gasteiger partial charge is 0.131 e. The Morgan fingerprint density at radius 3 is 2.52 bits per heavy atom. The second-order valence-electron chi connectivity index (χ2n) is 6.15. The highest BCUT2D eigenvalue weighted by molar-refractivity contribution is 5.47. The number of anilines is 1. The van der Waals surface area contributed by atoms with Crippen molar-refractivity contribution in [1.29, 1.82) is 0 Å². The van der Waals surface area contributed by atoms with Gasteiger partial charge >= 0.3 is 0 Å². The van der Waals surface area contributed by atoms with Gasteiger partial charge in [0.25, 0.3) is 0 Å². The van der Waals surface area contributed by atoms with E-state index in [1.54, 1.807) is 0 Å². The topological polar surface area (TPSA) is 34.6 Å². The van der Waals surface area contributed by atoms with Gasteiger partial charge in [-0.05, 0) is 45.3 Å². The highest BCUT2D eigenvalue weighted by Crippen LogP contribution is 2.19. The second-order valence-corrected chi connectivity index (χ2v) is 6.15. The Kier molecular flexibility index (Phi) is 5.96. The molecule has 1 saturated heterocycles. The van der Waals surface area contributed by atoms with Crippen LogP contribution in [-0.2, 0) is 6.54 Å². The summed E-state index contributed by atoms with van der Waals surface area (Å²) in [5, 5.41) is 3.17. The van der Waals surface area contributed by atoms with Crippen LogP contribution in [0, 0.1) is 6.92 Å². The van der Waals surface area contributed by atoms with E-state index in [0.717, 1.165) is 51.6 Å². The second kappa shape index (κ2) is 7.73. The minimum atomic E-state index is 0.881. The molecule has 2 heterocycles. The summed E-state index contributed by atoms with van der Waals surface area (Å²) in [6.07, 6.45) is 2.00. The van der Waals surface area contributed by atoms with Gasteiger partial charge in [-0.1, -0.05) is 0 Å². The molecule has 0 radical (unpaired) electrons. The first-order valence-corrected chi connectivity index (χ1v) is 7.82. The van der Waals surface area contributed by atoms with Gasteiger partial charge in [-0.25, -0.2) is 4.98 Å². The third-order valence-electron chi connectivity index (χ3n) is 4.02. The molecule has 1 aliphatic rings. The average Bonchev–Trinajstić information content (AvgIpc) is 2.46. The minimum Gasteiger partial charge on any atom is -0.354 e. The maximum Gasteiger partial charge on any atom is 0.131 e. The number of hydrogen-bond donors (Lipinski definition) is 1. The summed E-state index contributed by atoms with van der Waals surface area (Å²) in [5.41, 5.74) is 2.54. The van der Waals surface area contributed by atoms with Crippen molar-refractivity contribution in [2.75, 3.05) is 65.3 Å². The van der Waals surface area contributed by atoms with Gasteiger partial charge in [-0.15, -0.1) is 0 Å². The van der Waals surface area contributed by atoms with E-state index in [2.05, 4.69) is 52.1 Å². The van der Waals surface area contributed by atoms with Crippen LogP contribution < -0.4 is 10.2 Å². The summed E-state index contributed by atoms with van der Waals surface area (Å²) in [7, 11) is 6.24. The van der Waals surface area contributed by atoms with E-state index in [9.17, 15) is 0 Å². The standard InChI is InChI=1S/C16H29N5/c1-14-11-15(12-17-2)13-18-16(14)21-9-7-20(8-10-21)6-5-19(3)4/h11,13,17H,5-10,12H2,1-4H3. The predicted molar refractivity (Wildman–Crippen MR) is 88.9 cm³/mol. The van der Waals surface area contributed by atoms with E-state index in [-0.39, 0.29) is 0 Å². The van der Waals surface area contributed by atoms with E-state index in [0.29, 0.717) is 0 Å². The molecule has 5 nitrogen and oxygen atoms in total. The predicted octanol–water partition coefficient (Wildman–Crippen LogP) is 0.793. The number of nitrogens with one attached hydrogen (secondary N) is 1. The van der Waals surface area contributed by atoms with E-state index < -0.39 is 0 Å². The highest BCUT2D eigenvalue weighted by Gasteiger charge is 2.19. The molecule has 118 valence electrons. The van der Waals surface area contributed by atoms with E-state index in [1.807, 2.05) is 13.2 Å². The summed E-state index contributed by atoms with van der Waals surface area (Å²) >= 11 is 0. The van der Waals surface area contributed by atoms with E-state index >= 15 is 0 Å². The van der Waals surface area contributed by atoms with Crippen molar-refractivity contribution in [2.24, 2.45) is 0 Å². The fourth-order valence-corrected chi connectivity index (χ4v) is 2.78. The summed E-state index contributed by atoms with van der Waals surface area (Å²) in [6.45, 7) is 9.76. The first-order chi connectivity index (χ1) is 10.1. The third kappa shape index (κ3) is 4.66. The lowest BCUT2D eigenvalue weighted by Crippen LogP contribution is -2.48. The van der Waals surface area contributed by atoms with E-state index in [4.69, 9.17) is 0 Å². The molecule has 0 aliphatic carbocycles. The molecule has 5 heteroatoms. The minimum absolute atomic E-state index is 0.881. The molecule has 0 spiro atoms. The normalized spacial score (nSPS) is 16.7. The molecule has 21 heavy (non-hydrogen) atoms. The maximum atomic E-state index is 4.68. The number of rotatable bonds is 6. The molecule has 1 N–H and O–H groups in total. The van der Waals surface area contributed by atoms with Gasteiger partial charge in [-0.3, -0.25) is 4.90 Å². The summed E-state index contributed by atoms with van der Waals surface area (Å²) < 4.78 is 0. The Morgan fingerprint density at radius 1 is 1.24 bits per heavy atom. The van der Waals surface area contributed by atoms with Crippen molar-refractivity contribution in [3.8, 4) is 0 Å². The number of piperazine rings is 1. The van der Waals surface area contributed by atoms with Crippen LogP contribution in [0.3, 0.4) is 0 Å². The van der Waals surface area contributed by atoms with Gasteiger partial charge < -0.3 is 15.1 Å². The van der Waals surface area contributed by atoms with Crippen LogP contribution in [0.1, 0.15) is 11.1 Å². The summed E-state index contributed by atoms with van der Waals surface area (Å²) in [5.74, 6) is 1.15. The lowest BCUT2D eigenvalue weighted by Gasteiger charge is -2.36. The molecule has 1 fully saturated rings. The Bertz CT molecular complexity index is 438. The average molecular weight is 291 g/mol. The Balaban J connectivity index is 1.90. The van der Waals surface area contributed by atoms with Gasteiger partial charge in [0.05, 0.1) is 0 Å². The van der Waals surface area contributed by atoms with Crippen molar-refractivity contribution < 1.29 is 0 Å². The number of aromatic nitrogens is 1. The number of hydrogen-bond acceptors (Lipinski definition) is 5. The zero-order valence-electron chi connectivity index (χ0n) is 13.9. The van der Waals surface area contributed by atoms with Crippen molar-refractivity contribution >= 4 is 5.82 Å². The fraction of sp³-hybridized carbons (Fsp3) is 0.688. The monoisotopic (exact) mass is 291 g/mol. The SMILES string of the molecule is CNCc1cnc(N2CCN(CCN(C)C)CC2)c(C)c1. The van der Waals surface area contributed by atoms with Crippen LogP contribution in [0.15, 0.2) is 12.3 Å². The fourth-order valence-electron chi connectivity index (χ4n) is 2.78. The molecule has 0 aromatic carbocycles. The van der Waals surface area contributed by atoms with Crippen LogP contribution in [0.5, 0.6) is 0 Å². The molecule has 0 unspecified atom stereocenters. The third-order valence-corrected chi connectivity index (χ3v) is 4.02. The van der Waals surface area contributed by atoms with Gasteiger partial charge in [0.1, 0.15) is 5.82 Å². The van der Waals surface area contributed by atoms with Crippen LogP contribution >= 0.6 is 0 Å². The first-order valence-electron chi connectivity index (χ1n) is 7.82. The molecular weight excluding hydrogens is 262 g/mol. The van der Waals surface area contributed by atoms with Crippen molar-refractivity contribution in [3.05, 3.63) is 23.4 Å². The molecule has 2 rings (SSSR count). The molecule has 0 bridgehead atoms. The Labute approximate surface area is 128 Å². The highest BCUT2D eigenvalue weighted by atomic mass is 15.3. The molecule has 0 amide bonds. The van der Waals surface area contributed by atoms with Gasteiger partial charge in [0.15, 0.2) is 0 Å². The Hall–Kier alpha value is -1.17.